The number of aliphatic hydroxyl groups is 1. The third-order valence-electron chi connectivity index (χ3n) is 2.53. The zero-order valence-corrected chi connectivity index (χ0v) is 12.3. The quantitative estimate of drug-likeness (QED) is 0.713. The highest BCUT2D eigenvalue weighted by atomic mass is 32.2. The van der Waals surface area contributed by atoms with Crippen LogP contribution in [0.25, 0.3) is 0 Å². The second-order valence-corrected chi connectivity index (χ2v) is 6.36. The van der Waals surface area contributed by atoms with Crippen LogP contribution in [0, 0.1) is 5.82 Å². The highest BCUT2D eigenvalue weighted by Gasteiger charge is 2.27. The summed E-state index contributed by atoms with van der Waals surface area (Å²) < 4.78 is 63.2. The van der Waals surface area contributed by atoms with Gasteiger partial charge in [-0.05, 0) is 18.2 Å². The molecule has 0 unspecified atom stereocenters. The van der Waals surface area contributed by atoms with E-state index >= 15 is 0 Å². The SMILES string of the molecule is NC(=S)c1cc(S(=O)(=O)N(CCO)CC(F)F)ccc1F. The van der Waals surface area contributed by atoms with Crippen molar-refractivity contribution < 1.29 is 26.7 Å². The molecule has 1 aromatic rings. The molecule has 0 aliphatic rings. The number of benzene rings is 1. The second-order valence-electron chi connectivity index (χ2n) is 3.98. The van der Waals surface area contributed by atoms with Gasteiger partial charge >= 0.3 is 0 Å². The molecule has 0 radical (unpaired) electrons. The van der Waals surface area contributed by atoms with Crippen molar-refractivity contribution in [2.45, 2.75) is 11.3 Å². The molecule has 0 saturated carbocycles. The predicted molar refractivity (Wildman–Crippen MR) is 74.1 cm³/mol. The number of alkyl halides is 2. The minimum absolute atomic E-state index is 0.299. The van der Waals surface area contributed by atoms with Crippen molar-refractivity contribution in [2.75, 3.05) is 19.7 Å². The zero-order valence-electron chi connectivity index (χ0n) is 10.7. The van der Waals surface area contributed by atoms with E-state index in [2.05, 4.69) is 12.2 Å². The van der Waals surface area contributed by atoms with E-state index in [9.17, 15) is 21.6 Å². The Hall–Kier alpha value is -1.23. The van der Waals surface area contributed by atoms with E-state index in [1.165, 1.54) is 0 Å². The number of sulfonamides is 1. The molecular formula is C11H13F3N2O3S2. The van der Waals surface area contributed by atoms with Crippen LogP contribution in [0.15, 0.2) is 23.1 Å². The summed E-state index contributed by atoms with van der Waals surface area (Å²) in [6, 6.07) is 2.63. The van der Waals surface area contributed by atoms with Gasteiger partial charge in [0.05, 0.1) is 18.0 Å². The molecule has 3 N–H and O–H groups in total. The van der Waals surface area contributed by atoms with Crippen LogP contribution < -0.4 is 5.73 Å². The predicted octanol–water partition coefficient (Wildman–Crippen LogP) is 0.708. The molecule has 0 atom stereocenters. The number of thiocarbonyl (C=S) groups is 1. The van der Waals surface area contributed by atoms with E-state index in [0.717, 1.165) is 18.2 Å². The normalized spacial score (nSPS) is 12.1. The van der Waals surface area contributed by atoms with E-state index in [4.69, 9.17) is 10.8 Å². The van der Waals surface area contributed by atoms with Crippen LogP contribution in [0.1, 0.15) is 5.56 Å². The lowest BCUT2D eigenvalue weighted by Crippen LogP contribution is -2.37. The molecule has 0 aromatic heterocycles. The van der Waals surface area contributed by atoms with Crippen molar-refractivity contribution in [3.8, 4) is 0 Å². The molecule has 1 rings (SSSR count). The molecule has 5 nitrogen and oxygen atoms in total. The minimum Gasteiger partial charge on any atom is -0.395 e. The Balaban J connectivity index is 3.27. The number of aliphatic hydroxyl groups excluding tert-OH is 1. The molecule has 1 aromatic carbocycles. The van der Waals surface area contributed by atoms with Crippen molar-refractivity contribution in [1.82, 2.24) is 4.31 Å². The van der Waals surface area contributed by atoms with Crippen molar-refractivity contribution in [2.24, 2.45) is 5.73 Å². The summed E-state index contributed by atoms with van der Waals surface area (Å²) in [5.74, 6) is -0.816. The highest BCUT2D eigenvalue weighted by Crippen LogP contribution is 2.20. The van der Waals surface area contributed by atoms with Crippen molar-refractivity contribution >= 4 is 27.2 Å². The number of nitrogens with two attached hydrogens (primary N) is 1. The summed E-state index contributed by atoms with van der Waals surface area (Å²) in [5, 5.41) is 8.79. The fourth-order valence-corrected chi connectivity index (χ4v) is 3.17. The monoisotopic (exact) mass is 342 g/mol. The van der Waals surface area contributed by atoms with E-state index in [-0.39, 0.29) is 10.6 Å². The maximum Gasteiger partial charge on any atom is 0.252 e. The highest BCUT2D eigenvalue weighted by molar-refractivity contribution is 7.89. The number of halogens is 3. The van der Waals surface area contributed by atoms with Gasteiger partial charge in [0.15, 0.2) is 0 Å². The minimum atomic E-state index is -4.32. The zero-order chi connectivity index (χ0) is 16.2. The Morgan fingerprint density at radius 1 is 1.43 bits per heavy atom. The largest absolute Gasteiger partial charge is 0.395 e. The van der Waals surface area contributed by atoms with Crippen LogP contribution in [-0.2, 0) is 10.0 Å². The lowest BCUT2D eigenvalue weighted by atomic mass is 10.2. The summed E-state index contributed by atoms with van der Waals surface area (Å²) in [4.78, 5) is -0.784. The van der Waals surface area contributed by atoms with Gasteiger partial charge < -0.3 is 10.8 Å². The molecule has 0 bridgehead atoms. The summed E-state index contributed by atoms with van der Waals surface area (Å²) in [5.41, 5.74) is 4.97. The molecular weight excluding hydrogens is 329 g/mol. The van der Waals surface area contributed by atoms with Crippen LogP contribution in [0.3, 0.4) is 0 Å². The summed E-state index contributed by atoms with van der Waals surface area (Å²) in [7, 11) is -4.32. The molecule has 0 aliphatic carbocycles. The van der Waals surface area contributed by atoms with Crippen LogP contribution >= 0.6 is 12.2 Å². The van der Waals surface area contributed by atoms with Crippen LogP contribution in [-0.4, -0.2) is 48.9 Å². The number of rotatable bonds is 7. The van der Waals surface area contributed by atoms with E-state index < -0.39 is 46.9 Å². The van der Waals surface area contributed by atoms with E-state index in [1.54, 1.807) is 0 Å². The van der Waals surface area contributed by atoms with Crippen molar-refractivity contribution in [3.05, 3.63) is 29.6 Å². The third-order valence-corrected chi connectivity index (χ3v) is 4.61. The molecule has 0 spiro atoms. The van der Waals surface area contributed by atoms with Gasteiger partial charge in [-0.1, -0.05) is 12.2 Å². The van der Waals surface area contributed by atoms with Gasteiger partial charge in [0.25, 0.3) is 6.43 Å². The topological polar surface area (TPSA) is 83.6 Å². The first-order valence-electron chi connectivity index (χ1n) is 5.68. The molecule has 21 heavy (non-hydrogen) atoms. The summed E-state index contributed by atoms with van der Waals surface area (Å²) in [6.45, 7) is -2.22. The Bertz CT molecular complexity index is 623. The Kier molecular flexibility index (Phi) is 6.08. The van der Waals surface area contributed by atoms with Crippen molar-refractivity contribution in [3.63, 3.8) is 0 Å². The average Bonchev–Trinajstić information content (AvgIpc) is 2.37. The summed E-state index contributed by atoms with van der Waals surface area (Å²) in [6.07, 6.45) is -2.91. The molecule has 0 heterocycles. The second kappa shape index (κ2) is 7.16. The van der Waals surface area contributed by atoms with Crippen LogP contribution in [0.4, 0.5) is 13.2 Å². The maximum absolute atomic E-state index is 13.4. The fourth-order valence-electron chi connectivity index (χ4n) is 1.58. The molecule has 0 aliphatic heterocycles. The van der Waals surface area contributed by atoms with Crippen molar-refractivity contribution in [1.29, 1.82) is 0 Å². The number of hydrogen-bond acceptors (Lipinski definition) is 4. The van der Waals surface area contributed by atoms with E-state index in [1.807, 2.05) is 0 Å². The Labute approximate surface area is 125 Å². The average molecular weight is 342 g/mol. The fraction of sp³-hybridized carbons (Fsp3) is 0.364. The molecule has 0 saturated heterocycles. The van der Waals surface area contributed by atoms with Gasteiger partial charge in [-0.15, -0.1) is 0 Å². The van der Waals surface area contributed by atoms with Crippen LogP contribution in [0.5, 0.6) is 0 Å². The molecule has 0 fully saturated rings. The lowest BCUT2D eigenvalue weighted by molar-refractivity contribution is 0.113. The van der Waals surface area contributed by atoms with Gasteiger partial charge in [0.2, 0.25) is 10.0 Å². The van der Waals surface area contributed by atoms with Gasteiger partial charge in [-0.25, -0.2) is 21.6 Å². The van der Waals surface area contributed by atoms with Gasteiger partial charge in [0, 0.05) is 12.1 Å². The molecule has 118 valence electrons. The first-order valence-corrected chi connectivity index (χ1v) is 7.53. The first-order chi connectivity index (χ1) is 9.70. The maximum atomic E-state index is 13.4. The number of nitrogens with zero attached hydrogens (tertiary/aromatic N) is 1. The smallest absolute Gasteiger partial charge is 0.252 e. The van der Waals surface area contributed by atoms with Gasteiger partial charge in [-0.3, -0.25) is 0 Å². The van der Waals surface area contributed by atoms with Gasteiger partial charge in [-0.2, -0.15) is 4.31 Å². The number of hydrogen-bond donors (Lipinski definition) is 2. The first kappa shape index (κ1) is 17.8. The Morgan fingerprint density at radius 2 is 2.05 bits per heavy atom. The lowest BCUT2D eigenvalue weighted by Gasteiger charge is -2.21. The third kappa shape index (κ3) is 4.37. The van der Waals surface area contributed by atoms with Gasteiger partial charge in [0.1, 0.15) is 10.8 Å². The van der Waals surface area contributed by atoms with Crippen LogP contribution in [0.2, 0.25) is 0 Å². The molecule has 10 heteroatoms. The summed E-state index contributed by atoms with van der Waals surface area (Å²) >= 11 is 4.59. The standard InChI is InChI=1S/C11H13F3N2O3S2/c12-9-2-1-7(5-8(9)11(15)20)21(18,19)16(3-4-17)6-10(13)14/h1-2,5,10,17H,3-4,6H2,(H2,15,20). The van der Waals surface area contributed by atoms with E-state index in [0.29, 0.717) is 4.31 Å². The molecule has 0 amide bonds. The Morgan fingerprint density at radius 3 is 2.52 bits per heavy atom.